The molecular formula is C14H20N3O4P. The van der Waals surface area contributed by atoms with Crippen molar-refractivity contribution in [3.63, 3.8) is 0 Å². The minimum atomic E-state index is -0.445. The summed E-state index contributed by atoms with van der Waals surface area (Å²) >= 11 is 0. The van der Waals surface area contributed by atoms with Crippen molar-refractivity contribution in [2.45, 2.75) is 20.3 Å². The lowest BCUT2D eigenvalue weighted by Gasteiger charge is -2.15. The van der Waals surface area contributed by atoms with Crippen LogP contribution in [0, 0.1) is 11.3 Å². The Balaban J connectivity index is 2.13. The van der Waals surface area contributed by atoms with Gasteiger partial charge in [-0.3, -0.25) is 9.36 Å². The fraction of sp³-hybridized carbons (Fsp3) is 0.500. The van der Waals surface area contributed by atoms with E-state index in [1.165, 1.54) is 4.57 Å². The van der Waals surface area contributed by atoms with Crippen LogP contribution in [0.5, 0.6) is 0 Å². The second-order valence-electron chi connectivity index (χ2n) is 5.73. The Morgan fingerprint density at radius 2 is 2.32 bits per heavy atom. The van der Waals surface area contributed by atoms with E-state index in [0.717, 1.165) is 5.57 Å². The lowest BCUT2D eigenvalue weighted by Crippen LogP contribution is -2.22. The van der Waals surface area contributed by atoms with E-state index >= 15 is 0 Å². The minimum Gasteiger partial charge on any atom is -0.464 e. The molecule has 1 heterocycles. The SMILES string of the molecule is CC(C)C(=O)OCC1(COP)C/C1=C/n1ccc(N)nc1=O. The van der Waals surface area contributed by atoms with Gasteiger partial charge in [0.05, 0.1) is 17.9 Å². The smallest absolute Gasteiger partial charge is 0.353 e. The summed E-state index contributed by atoms with van der Waals surface area (Å²) in [7, 11) is 2.19. The molecule has 0 saturated heterocycles. The van der Waals surface area contributed by atoms with Crippen molar-refractivity contribution in [1.29, 1.82) is 0 Å². The molecule has 0 aliphatic heterocycles. The summed E-state index contributed by atoms with van der Waals surface area (Å²) in [5.74, 6) is -0.245. The van der Waals surface area contributed by atoms with Gasteiger partial charge in [-0.1, -0.05) is 13.8 Å². The second-order valence-corrected chi connectivity index (χ2v) is 6.06. The number of hydrogen-bond donors (Lipinski definition) is 1. The van der Waals surface area contributed by atoms with Gasteiger partial charge in [-0.05, 0) is 18.1 Å². The van der Waals surface area contributed by atoms with Crippen LogP contribution < -0.4 is 11.4 Å². The molecule has 120 valence electrons. The largest absolute Gasteiger partial charge is 0.464 e. The van der Waals surface area contributed by atoms with E-state index < -0.39 is 5.69 Å². The van der Waals surface area contributed by atoms with Crippen molar-refractivity contribution >= 4 is 27.5 Å². The Bertz CT molecular complexity index is 656. The van der Waals surface area contributed by atoms with E-state index in [1.54, 1.807) is 32.3 Å². The fourth-order valence-corrected chi connectivity index (χ4v) is 2.38. The first-order chi connectivity index (χ1) is 10.4. The van der Waals surface area contributed by atoms with E-state index in [9.17, 15) is 9.59 Å². The van der Waals surface area contributed by atoms with Crippen molar-refractivity contribution in [2.75, 3.05) is 18.9 Å². The summed E-state index contributed by atoms with van der Waals surface area (Å²) in [6.07, 6.45) is 3.95. The number of ether oxygens (including phenoxy) is 1. The molecule has 1 aromatic rings. The number of carbonyl (C=O) groups is 1. The van der Waals surface area contributed by atoms with Crippen LogP contribution in [0.1, 0.15) is 20.3 Å². The second kappa shape index (κ2) is 6.58. The molecule has 1 fully saturated rings. The third-order valence-electron chi connectivity index (χ3n) is 3.55. The predicted octanol–water partition coefficient (Wildman–Crippen LogP) is 1.06. The first kappa shape index (κ1) is 16.6. The molecule has 2 unspecified atom stereocenters. The Morgan fingerprint density at radius 3 is 2.91 bits per heavy atom. The van der Waals surface area contributed by atoms with Crippen LogP contribution in [-0.4, -0.2) is 28.7 Å². The number of nitrogens with two attached hydrogens (primary N) is 1. The third-order valence-corrected chi connectivity index (χ3v) is 3.72. The molecule has 1 aliphatic rings. The minimum absolute atomic E-state index is 0.177. The van der Waals surface area contributed by atoms with E-state index in [-0.39, 0.29) is 29.7 Å². The molecule has 1 aromatic heterocycles. The number of hydrogen-bond acceptors (Lipinski definition) is 6. The van der Waals surface area contributed by atoms with Crippen LogP contribution in [0.3, 0.4) is 0 Å². The highest BCUT2D eigenvalue weighted by molar-refractivity contribution is 7.09. The highest BCUT2D eigenvalue weighted by atomic mass is 31.0. The zero-order chi connectivity index (χ0) is 16.3. The molecule has 8 heteroatoms. The summed E-state index contributed by atoms with van der Waals surface area (Å²) < 4.78 is 11.8. The molecule has 2 N–H and O–H groups in total. The first-order valence-electron chi connectivity index (χ1n) is 6.92. The van der Waals surface area contributed by atoms with Crippen molar-refractivity contribution < 1.29 is 14.1 Å². The van der Waals surface area contributed by atoms with Crippen molar-refractivity contribution in [2.24, 2.45) is 11.3 Å². The number of nitrogens with zero attached hydrogens (tertiary/aromatic N) is 2. The Hall–Kier alpha value is -1.72. The van der Waals surface area contributed by atoms with Crippen LogP contribution in [0.25, 0.3) is 6.20 Å². The molecule has 7 nitrogen and oxygen atoms in total. The Labute approximate surface area is 130 Å². The zero-order valence-corrected chi connectivity index (χ0v) is 13.8. The lowest BCUT2D eigenvalue weighted by molar-refractivity contribution is -0.149. The van der Waals surface area contributed by atoms with Crippen molar-refractivity contribution in [3.05, 3.63) is 28.3 Å². The maximum Gasteiger partial charge on any atom is 0.353 e. The summed E-state index contributed by atoms with van der Waals surface area (Å²) in [5.41, 5.74) is 5.62. The lowest BCUT2D eigenvalue weighted by atomic mass is 10.1. The standard InChI is InChI=1S/C14H20N3O4P/c1-9(2)12(18)20-7-14(8-21-22)5-10(14)6-17-4-3-11(15)16-13(17)19/h3-4,6,9H,5,7-8,22H2,1-2H3,(H2,15,16,19)/b10-6-. The number of carbonyl (C=O) groups excluding carboxylic acids is 1. The first-order valence-corrected chi connectivity index (χ1v) is 7.39. The van der Waals surface area contributed by atoms with Gasteiger partial charge >= 0.3 is 11.7 Å². The van der Waals surface area contributed by atoms with Gasteiger partial charge in [0.25, 0.3) is 0 Å². The van der Waals surface area contributed by atoms with Gasteiger partial charge in [-0.15, -0.1) is 0 Å². The fourth-order valence-electron chi connectivity index (χ4n) is 2.06. The molecule has 1 aliphatic carbocycles. The Kier molecular flexibility index (Phi) is 4.98. The monoisotopic (exact) mass is 325 g/mol. The van der Waals surface area contributed by atoms with E-state index in [1.807, 2.05) is 0 Å². The molecule has 2 atom stereocenters. The summed E-state index contributed by atoms with van der Waals surface area (Å²) in [5, 5.41) is 0. The van der Waals surface area contributed by atoms with E-state index in [4.69, 9.17) is 15.0 Å². The van der Waals surface area contributed by atoms with Gasteiger partial charge in [0, 0.05) is 21.9 Å². The summed E-state index contributed by atoms with van der Waals surface area (Å²) in [6.45, 7) is 4.20. The van der Waals surface area contributed by atoms with Gasteiger partial charge in [-0.25, -0.2) is 4.79 Å². The van der Waals surface area contributed by atoms with Gasteiger partial charge < -0.3 is 15.0 Å². The highest BCUT2D eigenvalue weighted by Crippen LogP contribution is 2.53. The average Bonchev–Trinajstić information content (AvgIpc) is 3.12. The van der Waals surface area contributed by atoms with Crippen LogP contribution in [0.2, 0.25) is 0 Å². The third kappa shape index (κ3) is 3.72. The number of anilines is 1. The van der Waals surface area contributed by atoms with Crippen LogP contribution in [0.4, 0.5) is 5.82 Å². The van der Waals surface area contributed by atoms with Crippen LogP contribution in [-0.2, 0) is 14.1 Å². The molecule has 22 heavy (non-hydrogen) atoms. The highest BCUT2D eigenvalue weighted by Gasteiger charge is 2.50. The predicted molar refractivity (Wildman–Crippen MR) is 85.7 cm³/mol. The number of nitrogen functional groups attached to an aromatic ring is 1. The van der Waals surface area contributed by atoms with E-state index in [0.29, 0.717) is 13.0 Å². The molecule has 0 spiro atoms. The summed E-state index contributed by atoms with van der Waals surface area (Å²) in [4.78, 5) is 27.0. The molecule has 0 bridgehead atoms. The van der Waals surface area contributed by atoms with Crippen molar-refractivity contribution in [1.82, 2.24) is 9.55 Å². The zero-order valence-electron chi connectivity index (χ0n) is 12.6. The topological polar surface area (TPSA) is 96.4 Å². The number of aromatic nitrogens is 2. The van der Waals surface area contributed by atoms with Crippen molar-refractivity contribution in [3.8, 4) is 0 Å². The number of esters is 1. The quantitative estimate of drug-likeness (QED) is 0.620. The molecule has 1 saturated carbocycles. The van der Waals surface area contributed by atoms with Gasteiger partial charge in [0.2, 0.25) is 0 Å². The van der Waals surface area contributed by atoms with Crippen LogP contribution in [0.15, 0.2) is 22.6 Å². The molecular weight excluding hydrogens is 305 g/mol. The van der Waals surface area contributed by atoms with E-state index in [2.05, 4.69) is 14.5 Å². The maximum atomic E-state index is 11.7. The molecule has 2 rings (SSSR count). The normalized spacial score (nSPS) is 22.1. The molecule has 0 aromatic carbocycles. The number of rotatable bonds is 6. The van der Waals surface area contributed by atoms with Gasteiger partial charge in [0.1, 0.15) is 12.4 Å². The van der Waals surface area contributed by atoms with Gasteiger partial charge in [0.15, 0.2) is 0 Å². The van der Waals surface area contributed by atoms with Crippen LogP contribution >= 0.6 is 9.47 Å². The van der Waals surface area contributed by atoms with Gasteiger partial charge in [-0.2, -0.15) is 4.98 Å². The Morgan fingerprint density at radius 1 is 1.59 bits per heavy atom. The molecule has 0 amide bonds. The maximum absolute atomic E-state index is 11.7. The average molecular weight is 325 g/mol. The molecule has 0 radical (unpaired) electrons. The summed E-state index contributed by atoms with van der Waals surface area (Å²) in [6, 6.07) is 1.55.